The Hall–Kier alpha value is -3.26. The second-order valence-electron chi connectivity index (χ2n) is 6.35. The first kappa shape index (κ1) is 20.5. The fourth-order valence-electron chi connectivity index (χ4n) is 2.70. The van der Waals surface area contributed by atoms with E-state index >= 15 is 0 Å². The number of carbonyl (C=O) groups excluding carboxylic acids is 2. The molecule has 2 aromatic rings. The number of hydrogen-bond acceptors (Lipinski definition) is 6. The molecule has 0 unspecified atom stereocenters. The van der Waals surface area contributed by atoms with E-state index in [2.05, 4.69) is 0 Å². The highest BCUT2D eigenvalue weighted by molar-refractivity contribution is 8.18. The van der Waals surface area contributed by atoms with Crippen LogP contribution in [0.1, 0.15) is 16.7 Å². The van der Waals surface area contributed by atoms with Gasteiger partial charge in [-0.15, -0.1) is 0 Å². The number of thioether (sulfide) groups is 1. The van der Waals surface area contributed by atoms with Crippen LogP contribution in [-0.2, 0) is 16.1 Å². The predicted octanol–water partition coefficient (Wildman–Crippen LogP) is 3.70. The molecule has 0 bridgehead atoms. The van der Waals surface area contributed by atoms with Crippen LogP contribution in [0.25, 0.3) is 6.08 Å². The van der Waals surface area contributed by atoms with Crippen LogP contribution in [0.3, 0.4) is 0 Å². The summed E-state index contributed by atoms with van der Waals surface area (Å²) in [6.07, 6.45) is 1.60. The molecule has 1 aliphatic rings. The SMILES string of the molecule is COc1cc(/C=C2\SC(=O)N(Cc3ccc(C)cc3)C2=O)ccc1OCC(=O)O. The van der Waals surface area contributed by atoms with Gasteiger partial charge in [-0.3, -0.25) is 14.5 Å². The Labute approximate surface area is 171 Å². The minimum absolute atomic E-state index is 0.216. The van der Waals surface area contributed by atoms with E-state index in [4.69, 9.17) is 14.6 Å². The van der Waals surface area contributed by atoms with E-state index in [0.29, 0.717) is 16.2 Å². The molecule has 1 N–H and O–H groups in total. The van der Waals surface area contributed by atoms with Crippen molar-refractivity contribution < 1.29 is 29.0 Å². The molecular weight excluding hydrogens is 394 g/mol. The highest BCUT2D eigenvalue weighted by Gasteiger charge is 2.35. The molecule has 1 fully saturated rings. The number of aryl methyl sites for hydroxylation is 1. The van der Waals surface area contributed by atoms with E-state index in [1.165, 1.54) is 12.0 Å². The summed E-state index contributed by atoms with van der Waals surface area (Å²) in [5.74, 6) is -0.845. The smallest absolute Gasteiger partial charge is 0.341 e. The minimum atomic E-state index is -1.10. The monoisotopic (exact) mass is 413 g/mol. The van der Waals surface area contributed by atoms with Gasteiger partial charge in [-0.05, 0) is 48.0 Å². The molecule has 2 aromatic carbocycles. The van der Waals surface area contributed by atoms with Gasteiger partial charge >= 0.3 is 5.97 Å². The molecule has 1 heterocycles. The summed E-state index contributed by atoms with van der Waals surface area (Å²) >= 11 is 0.880. The molecule has 0 aromatic heterocycles. The summed E-state index contributed by atoms with van der Waals surface area (Å²) in [7, 11) is 1.43. The number of carbonyl (C=O) groups is 3. The molecule has 29 heavy (non-hydrogen) atoms. The molecule has 0 saturated carbocycles. The van der Waals surface area contributed by atoms with Crippen molar-refractivity contribution in [2.75, 3.05) is 13.7 Å². The van der Waals surface area contributed by atoms with Crippen LogP contribution < -0.4 is 9.47 Å². The van der Waals surface area contributed by atoms with Gasteiger partial charge in [0.25, 0.3) is 11.1 Å². The van der Waals surface area contributed by atoms with E-state index < -0.39 is 12.6 Å². The molecule has 0 spiro atoms. The normalized spacial score (nSPS) is 15.1. The first-order valence-corrected chi connectivity index (χ1v) is 9.52. The van der Waals surface area contributed by atoms with Crippen LogP contribution in [0.4, 0.5) is 4.79 Å². The molecule has 0 radical (unpaired) electrons. The van der Waals surface area contributed by atoms with Crippen LogP contribution in [-0.4, -0.2) is 40.8 Å². The van der Waals surface area contributed by atoms with E-state index in [9.17, 15) is 14.4 Å². The number of imide groups is 1. The number of carboxylic acids is 1. The quantitative estimate of drug-likeness (QED) is 0.692. The Balaban J connectivity index is 1.78. The Morgan fingerprint density at radius 1 is 1.14 bits per heavy atom. The molecule has 150 valence electrons. The van der Waals surface area contributed by atoms with Crippen molar-refractivity contribution in [1.29, 1.82) is 0 Å². The van der Waals surface area contributed by atoms with Crippen molar-refractivity contribution in [3.8, 4) is 11.5 Å². The second kappa shape index (κ2) is 8.83. The largest absolute Gasteiger partial charge is 0.493 e. The molecule has 1 aliphatic heterocycles. The molecule has 1 saturated heterocycles. The maximum atomic E-state index is 12.7. The van der Waals surface area contributed by atoms with Crippen LogP contribution in [0.15, 0.2) is 47.4 Å². The highest BCUT2D eigenvalue weighted by atomic mass is 32.2. The molecule has 8 heteroatoms. The maximum absolute atomic E-state index is 12.7. The van der Waals surface area contributed by atoms with Gasteiger partial charge in [-0.1, -0.05) is 35.9 Å². The summed E-state index contributed by atoms with van der Waals surface area (Å²) in [4.78, 5) is 37.2. The number of carboxylic acid groups (broad SMARTS) is 1. The summed E-state index contributed by atoms with van der Waals surface area (Å²) in [6, 6.07) is 12.5. The van der Waals surface area contributed by atoms with Crippen molar-refractivity contribution in [2.24, 2.45) is 0 Å². The fourth-order valence-corrected chi connectivity index (χ4v) is 3.53. The zero-order valence-corrected chi connectivity index (χ0v) is 16.7. The maximum Gasteiger partial charge on any atom is 0.341 e. The molecule has 7 nitrogen and oxygen atoms in total. The zero-order valence-electron chi connectivity index (χ0n) is 15.9. The number of benzene rings is 2. The number of aliphatic carboxylic acids is 1. The van der Waals surface area contributed by atoms with Crippen molar-refractivity contribution in [3.63, 3.8) is 0 Å². The Morgan fingerprint density at radius 2 is 1.86 bits per heavy atom. The highest BCUT2D eigenvalue weighted by Crippen LogP contribution is 2.35. The van der Waals surface area contributed by atoms with Crippen molar-refractivity contribution in [2.45, 2.75) is 13.5 Å². The lowest BCUT2D eigenvalue weighted by Crippen LogP contribution is -2.27. The van der Waals surface area contributed by atoms with Gasteiger partial charge in [0, 0.05) is 0 Å². The Bertz CT molecular complexity index is 983. The van der Waals surface area contributed by atoms with Gasteiger partial charge in [0.1, 0.15) is 0 Å². The lowest BCUT2D eigenvalue weighted by molar-refractivity contribution is -0.139. The van der Waals surface area contributed by atoms with Gasteiger partial charge in [-0.2, -0.15) is 0 Å². The van der Waals surface area contributed by atoms with Crippen molar-refractivity contribution in [1.82, 2.24) is 4.90 Å². The Morgan fingerprint density at radius 3 is 2.52 bits per heavy atom. The summed E-state index contributed by atoms with van der Waals surface area (Å²) < 4.78 is 10.4. The van der Waals surface area contributed by atoms with Gasteiger partial charge in [0.05, 0.1) is 18.6 Å². The first-order chi connectivity index (χ1) is 13.9. The zero-order chi connectivity index (χ0) is 21.0. The molecule has 2 amide bonds. The van der Waals surface area contributed by atoms with Crippen LogP contribution in [0.2, 0.25) is 0 Å². The van der Waals surface area contributed by atoms with E-state index in [0.717, 1.165) is 22.9 Å². The van der Waals surface area contributed by atoms with Crippen LogP contribution >= 0.6 is 11.8 Å². The third-order valence-electron chi connectivity index (χ3n) is 4.17. The molecule has 0 atom stereocenters. The summed E-state index contributed by atoms with van der Waals surface area (Å²) in [5.41, 5.74) is 2.61. The first-order valence-electron chi connectivity index (χ1n) is 8.71. The number of hydrogen-bond donors (Lipinski definition) is 1. The molecule has 3 rings (SSSR count). The van der Waals surface area contributed by atoms with Crippen molar-refractivity contribution >= 4 is 35.0 Å². The number of amides is 2. The number of nitrogens with zero attached hydrogens (tertiary/aromatic N) is 1. The van der Waals surface area contributed by atoms with Gasteiger partial charge in [0.2, 0.25) is 0 Å². The lowest BCUT2D eigenvalue weighted by atomic mass is 10.1. The van der Waals surface area contributed by atoms with Gasteiger partial charge < -0.3 is 14.6 Å². The number of ether oxygens (including phenoxy) is 2. The molecular formula is C21H19NO6S. The number of rotatable bonds is 7. The van der Waals surface area contributed by atoms with Gasteiger partial charge in [0.15, 0.2) is 18.1 Å². The Kier molecular flexibility index (Phi) is 6.23. The van der Waals surface area contributed by atoms with E-state index in [1.54, 1.807) is 24.3 Å². The lowest BCUT2D eigenvalue weighted by Gasteiger charge is -2.12. The predicted molar refractivity (Wildman–Crippen MR) is 109 cm³/mol. The fraction of sp³-hybridized carbons (Fsp3) is 0.190. The summed E-state index contributed by atoms with van der Waals surface area (Å²) in [5, 5.41) is 8.40. The van der Waals surface area contributed by atoms with Crippen LogP contribution in [0, 0.1) is 6.92 Å². The minimum Gasteiger partial charge on any atom is -0.493 e. The van der Waals surface area contributed by atoms with E-state index in [1.807, 2.05) is 31.2 Å². The third kappa shape index (κ3) is 4.97. The van der Waals surface area contributed by atoms with E-state index in [-0.39, 0.29) is 23.4 Å². The average molecular weight is 413 g/mol. The second-order valence-corrected chi connectivity index (χ2v) is 7.34. The molecule has 0 aliphatic carbocycles. The summed E-state index contributed by atoms with van der Waals surface area (Å²) in [6.45, 7) is 1.69. The standard InChI is InChI=1S/C21H19NO6S/c1-13-3-5-14(6-4-13)11-22-20(25)18(29-21(22)26)10-15-7-8-16(17(9-15)27-2)28-12-19(23)24/h3-10H,11-12H2,1-2H3,(H,23,24)/b18-10-. The van der Waals surface area contributed by atoms with Gasteiger partial charge in [-0.25, -0.2) is 4.79 Å². The topological polar surface area (TPSA) is 93.1 Å². The number of methoxy groups -OCH3 is 1. The van der Waals surface area contributed by atoms with Crippen LogP contribution in [0.5, 0.6) is 11.5 Å². The average Bonchev–Trinajstić information content (AvgIpc) is 2.95. The third-order valence-corrected chi connectivity index (χ3v) is 5.08. The van der Waals surface area contributed by atoms with Crippen molar-refractivity contribution in [3.05, 3.63) is 64.1 Å².